The van der Waals surface area contributed by atoms with Crippen LogP contribution in [0.4, 0.5) is 11.4 Å². The van der Waals surface area contributed by atoms with Crippen LogP contribution in [0.25, 0.3) is 22.3 Å². The minimum absolute atomic E-state index is 0.167. The molecule has 78 heavy (non-hydrogen) atoms. The van der Waals surface area contributed by atoms with Crippen molar-refractivity contribution in [3.63, 3.8) is 0 Å². The van der Waals surface area contributed by atoms with Crippen molar-refractivity contribution in [2.75, 3.05) is 0 Å². The molecule has 0 atom stereocenters. The van der Waals surface area contributed by atoms with E-state index >= 15 is 0 Å². The van der Waals surface area contributed by atoms with E-state index in [-0.39, 0.29) is 5.78 Å². The summed E-state index contributed by atoms with van der Waals surface area (Å²) >= 11 is 7.12. The molecule has 12 rings (SSSR count). The molecule has 2 aliphatic rings. The normalized spacial score (nSPS) is 15.1. The fourth-order valence-electron chi connectivity index (χ4n) is 8.99. The van der Waals surface area contributed by atoms with Crippen molar-refractivity contribution < 1.29 is 4.79 Å². The molecule has 0 fully saturated rings. The molecule has 380 valence electrons. The van der Waals surface area contributed by atoms with E-state index in [1.165, 1.54) is 13.8 Å². The van der Waals surface area contributed by atoms with Gasteiger partial charge in [-0.1, -0.05) is 158 Å². The molecule has 0 amide bonds. The Hall–Kier alpha value is -9.29. The summed E-state index contributed by atoms with van der Waals surface area (Å²) in [4.78, 5) is 42.9. The average Bonchev–Trinajstić information content (AvgIpc) is 4.44. The van der Waals surface area contributed by atoms with Crippen LogP contribution in [0, 0.1) is 0 Å². The predicted octanol–water partition coefficient (Wildman–Crippen LogP) is 13.2. The minimum atomic E-state index is 0.167. The van der Waals surface area contributed by atoms with Crippen LogP contribution in [0.1, 0.15) is 47.5 Å². The number of carbonyl (C=O) groups is 1. The Labute approximate surface area is 469 Å². The number of hydrogen-bond donors (Lipinski definition) is 4. The fraction of sp³-hybridized carbons (Fsp3) is 0.0299. The third-order valence-electron chi connectivity index (χ3n) is 12.3. The molecule has 0 radical (unpaired) electrons. The lowest BCUT2D eigenvalue weighted by Gasteiger charge is -2.07. The van der Waals surface area contributed by atoms with E-state index in [1.54, 1.807) is 0 Å². The highest BCUT2D eigenvalue weighted by atomic mass is 79.9. The first-order valence-corrected chi connectivity index (χ1v) is 26.9. The van der Waals surface area contributed by atoms with Gasteiger partial charge in [0, 0.05) is 55.1 Å². The molecule has 4 N–H and O–H groups in total. The summed E-state index contributed by atoms with van der Waals surface area (Å²) in [6.07, 6.45) is 8.00. The second-order valence-electron chi connectivity index (χ2n) is 18.2. The lowest BCUT2D eigenvalue weighted by atomic mass is 10.0. The van der Waals surface area contributed by atoms with Crippen molar-refractivity contribution >= 4 is 94.4 Å². The number of ketones is 1. The second-order valence-corrected chi connectivity index (χ2v) is 19.9. The van der Waals surface area contributed by atoms with Crippen molar-refractivity contribution in [1.82, 2.24) is 19.9 Å². The number of halogens is 2. The van der Waals surface area contributed by atoms with E-state index in [9.17, 15) is 4.79 Å². The van der Waals surface area contributed by atoms with E-state index in [1.807, 2.05) is 121 Å². The summed E-state index contributed by atoms with van der Waals surface area (Å²) in [5.74, 6) is 1.54. The minimum Gasteiger partial charge on any atom is -0.354 e. The maximum absolute atomic E-state index is 9.44. The molecule has 0 saturated heterocycles. The number of H-pyrrole nitrogens is 4. The number of para-hydroxylation sites is 2. The number of carbonyl (C=O) groups excluding carboxylic acids is 1. The Morgan fingerprint density at radius 1 is 0.346 bits per heavy atom. The van der Waals surface area contributed by atoms with Gasteiger partial charge in [-0.15, -0.1) is 0 Å². The first-order chi connectivity index (χ1) is 38.2. The Morgan fingerprint density at radius 2 is 0.628 bits per heavy atom. The highest BCUT2D eigenvalue weighted by molar-refractivity contribution is 9.10. The van der Waals surface area contributed by atoms with Crippen LogP contribution in [0.2, 0.25) is 0 Å². The van der Waals surface area contributed by atoms with Gasteiger partial charge in [-0.25, -0.2) is 20.0 Å². The van der Waals surface area contributed by atoms with Crippen LogP contribution in [0.15, 0.2) is 284 Å². The first kappa shape index (κ1) is 52.2. The second kappa shape index (κ2) is 25.0. The summed E-state index contributed by atoms with van der Waals surface area (Å²) < 4.78 is 1.88. The van der Waals surface area contributed by atoms with E-state index < -0.39 is 0 Å². The molecule has 10 aromatic rings. The molecule has 11 heteroatoms. The summed E-state index contributed by atoms with van der Waals surface area (Å²) in [6.45, 7) is 3.06. The van der Waals surface area contributed by atoms with Gasteiger partial charge in [-0.2, -0.15) is 0 Å². The number of aromatic nitrogens is 4. The Bertz CT molecular complexity index is 3890. The van der Waals surface area contributed by atoms with E-state index in [0.717, 1.165) is 109 Å². The van der Waals surface area contributed by atoms with Gasteiger partial charge in [-0.3, -0.25) is 0 Å². The lowest BCUT2D eigenvalue weighted by molar-refractivity contribution is -0.115. The molecular formula is C67H52Br2N8O. The summed E-state index contributed by atoms with van der Waals surface area (Å²) in [7, 11) is 0. The maximum atomic E-state index is 9.44. The number of nitrogens with one attached hydrogen (secondary N) is 4. The van der Waals surface area contributed by atoms with Crippen molar-refractivity contribution in [2.24, 2.45) is 20.0 Å². The van der Waals surface area contributed by atoms with Crippen molar-refractivity contribution in [3.05, 3.63) is 319 Å². The number of hydrogen-bond acceptors (Lipinski definition) is 3. The van der Waals surface area contributed by atoms with Crippen molar-refractivity contribution in [2.45, 2.75) is 13.8 Å². The molecule has 6 aromatic carbocycles. The van der Waals surface area contributed by atoms with E-state index in [0.29, 0.717) is 11.7 Å². The van der Waals surface area contributed by atoms with Gasteiger partial charge in [-0.05, 0) is 165 Å². The molecule has 2 aliphatic heterocycles. The highest BCUT2D eigenvalue weighted by Gasteiger charge is 2.18. The Kier molecular flexibility index (Phi) is 16.7. The molecule has 0 saturated carbocycles. The Balaban J connectivity index is 0.000000165. The predicted molar refractivity (Wildman–Crippen MR) is 328 cm³/mol. The fourth-order valence-corrected chi connectivity index (χ4v) is 9.68. The molecule has 0 aliphatic carbocycles. The lowest BCUT2D eigenvalue weighted by Crippen LogP contribution is -2.19. The van der Waals surface area contributed by atoms with Crippen LogP contribution in [0.5, 0.6) is 0 Å². The zero-order valence-electron chi connectivity index (χ0n) is 42.7. The molecule has 0 spiro atoms. The number of allylic oxidation sites excluding steroid dienone is 2. The van der Waals surface area contributed by atoms with Crippen LogP contribution < -0.4 is 21.4 Å². The van der Waals surface area contributed by atoms with Crippen LogP contribution in [-0.2, 0) is 4.79 Å². The standard InChI is InChI=1S/2C32H23BrN4.C3H6O/c2*33-29-20-18-27(36-29)31(22-10-4-1-5-11-22)25-16-17-26(35-25)32(23-12-6-2-7-13-23)28-19-21-30(37-28)34-24-14-8-3-9-15-24;1-3(2)4/h2*1-21,35-36H;1-2H3/b2*31-25-,32-26-,34-30?;. The monoisotopic (exact) mass is 1140 g/mol. The quantitative estimate of drug-likeness (QED) is 0.107. The third-order valence-corrected chi connectivity index (χ3v) is 13.2. The highest BCUT2D eigenvalue weighted by Crippen LogP contribution is 2.25. The molecule has 9 nitrogen and oxygen atoms in total. The average molecular weight is 1150 g/mol. The van der Waals surface area contributed by atoms with Gasteiger partial charge < -0.3 is 24.7 Å². The van der Waals surface area contributed by atoms with Crippen molar-refractivity contribution in [3.8, 4) is 0 Å². The first-order valence-electron chi connectivity index (χ1n) is 25.3. The van der Waals surface area contributed by atoms with E-state index in [2.05, 4.69) is 185 Å². The largest absolute Gasteiger partial charge is 0.354 e. The zero-order chi connectivity index (χ0) is 53.6. The van der Waals surface area contributed by atoms with Gasteiger partial charge in [0.15, 0.2) is 11.7 Å². The number of Topliss-reactive ketones (excluding diaryl/α,β-unsaturated/α-hetero) is 1. The number of aromatic amines is 4. The molecule has 4 aromatic heterocycles. The van der Waals surface area contributed by atoms with E-state index in [4.69, 9.17) is 20.0 Å². The summed E-state index contributed by atoms with van der Waals surface area (Å²) in [5.41, 5.74) is 14.3. The SMILES string of the molecule is Brc1ccc(/C(c2ccccc2)=c2/cc/c(=C(/C3=NC(=Nc4ccccc4)C=C3)c3ccccc3)[nH]2)[nH]1.Brc1ccc(/C(c2ccccc2)=c2/cc/c(=C(/C3=NC(=Nc4ccccc4)C=C3)c3ccccc3)[nH]2)[nH]1.CC(C)=O. The maximum Gasteiger partial charge on any atom is 0.153 e. The van der Waals surface area contributed by atoms with Crippen LogP contribution >= 0.6 is 31.9 Å². The topological polar surface area (TPSA) is 130 Å². The molecule has 0 bridgehead atoms. The summed E-state index contributed by atoms with van der Waals surface area (Å²) in [6, 6.07) is 78.1. The van der Waals surface area contributed by atoms with Gasteiger partial charge >= 0.3 is 0 Å². The van der Waals surface area contributed by atoms with Gasteiger partial charge in [0.2, 0.25) is 0 Å². The van der Waals surface area contributed by atoms with Crippen LogP contribution in [-0.4, -0.2) is 48.8 Å². The molecule has 0 unspecified atom stereocenters. The van der Waals surface area contributed by atoms with Crippen molar-refractivity contribution in [1.29, 1.82) is 0 Å². The molecule has 6 heterocycles. The number of rotatable bonds is 10. The van der Waals surface area contributed by atoms with Gasteiger partial charge in [0.05, 0.1) is 32.0 Å². The third kappa shape index (κ3) is 13.0. The van der Waals surface area contributed by atoms with Gasteiger partial charge in [0.1, 0.15) is 5.78 Å². The summed E-state index contributed by atoms with van der Waals surface area (Å²) in [5, 5.41) is 4.02. The van der Waals surface area contributed by atoms with Crippen LogP contribution in [0.3, 0.4) is 0 Å². The number of benzene rings is 6. The zero-order valence-corrected chi connectivity index (χ0v) is 45.9. The van der Waals surface area contributed by atoms with Gasteiger partial charge in [0.25, 0.3) is 0 Å². The number of amidine groups is 2. The number of aliphatic imine (C=N–C) groups is 4. The Morgan fingerprint density at radius 3 is 0.923 bits per heavy atom. The number of nitrogens with zero attached hydrogens (tertiary/aromatic N) is 4. The smallest absolute Gasteiger partial charge is 0.153 e. The molecular weight excluding hydrogens is 1090 g/mol.